The van der Waals surface area contributed by atoms with E-state index < -0.39 is 5.82 Å². The number of H-pyrrole nitrogens is 1. The minimum Gasteiger partial charge on any atom is -0.321 e. The van der Waals surface area contributed by atoms with Gasteiger partial charge in [0.2, 0.25) is 0 Å². The van der Waals surface area contributed by atoms with Crippen molar-refractivity contribution in [3.63, 3.8) is 0 Å². The molecule has 1 N–H and O–H groups in total. The van der Waals surface area contributed by atoms with E-state index in [-0.39, 0.29) is 10.6 Å². The fourth-order valence-electron chi connectivity index (χ4n) is 1.40. The summed E-state index contributed by atoms with van der Waals surface area (Å²) in [5.41, 5.74) is 0.558. The highest BCUT2D eigenvalue weighted by Crippen LogP contribution is 2.16. The zero-order chi connectivity index (χ0) is 12.4. The van der Waals surface area contributed by atoms with E-state index in [9.17, 15) is 9.18 Å². The maximum Gasteiger partial charge on any atom is 0.251 e. The van der Waals surface area contributed by atoms with E-state index in [1.165, 1.54) is 18.2 Å². The predicted molar refractivity (Wildman–Crippen MR) is 66.4 cm³/mol. The van der Waals surface area contributed by atoms with Crippen LogP contribution in [0.15, 0.2) is 35.3 Å². The molecule has 3 nitrogen and oxygen atoms in total. The number of halogens is 2. The van der Waals surface area contributed by atoms with Crippen molar-refractivity contribution in [2.24, 2.45) is 0 Å². The van der Waals surface area contributed by atoms with Gasteiger partial charge in [-0.3, -0.25) is 9.78 Å². The highest BCUT2D eigenvalue weighted by molar-refractivity contribution is 7.71. The molecule has 0 saturated carbocycles. The molecule has 0 bridgehead atoms. The van der Waals surface area contributed by atoms with Crippen molar-refractivity contribution in [1.29, 1.82) is 0 Å². The Morgan fingerprint density at radius 2 is 2.18 bits per heavy atom. The number of hydrogen-bond donors (Lipinski definition) is 1. The van der Waals surface area contributed by atoms with Gasteiger partial charge in [-0.25, -0.2) is 4.39 Å². The van der Waals surface area contributed by atoms with E-state index in [2.05, 4.69) is 4.98 Å². The Hall–Kier alpha value is -1.46. The molecule has 1 heterocycles. The van der Waals surface area contributed by atoms with Crippen LogP contribution in [0.1, 0.15) is 5.56 Å². The van der Waals surface area contributed by atoms with Crippen molar-refractivity contribution >= 4 is 23.8 Å². The van der Waals surface area contributed by atoms with Crippen molar-refractivity contribution in [1.82, 2.24) is 9.55 Å². The molecule has 2 aromatic rings. The van der Waals surface area contributed by atoms with E-state index in [0.717, 1.165) is 5.56 Å². The largest absolute Gasteiger partial charge is 0.321 e. The summed E-state index contributed by atoms with van der Waals surface area (Å²) in [4.78, 5) is 13.5. The van der Waals surface area contributed by atoms with Gasteiger partial charge in [-0.15, -0.1) is 0 Å². The van der Waals surface area contributed by atoms with Gasteiger partial charge in [0.25, 0.3) is 5.56 Å². The van der Waals surface area contributed by atoms with E-state index in [0.29, 0.717) is 11.3 Å². The first kappa shape index (κ1) is 12.0. The first-order valence-electron chi connectivity index (χ1n) is 4.80. The van der Waals surface area contributed by atoms with E-state index in [4.69, 9.17) is 23.8 Å². The molecule has 88 valence electrons. The van der Waals surface area contributed by atoms with Gasteiger partial charge in [-0.05, 0) is 29.9 Å². The lowest BCUT2D eigenvalue weighted by atomic mass is 10.2. The number of aromatic amines is 1. The standard InChI is InChI=1S/C11H8ClFN2OS/c12-8-5-7(1-2-9(8)13)6-15-4-3-10(16)14-11(15)17/h1-5H,6H2,(H,14,16,17). The molecule has 1 aromatic heterocycles. The van der Waals surface area contributed by atoms with Crippen LogP contribution in [-0.2, 0) is 6.54 Å². The molecule has 0 aliphatic carbocycles. The van der Waals surface area contributed by atoms with E-state index >= 15 is 0 Å². The smallest absolute Gasteiger partial charge is 0.251 e. The molecule has 0 radical (unpaired) electrons. The van der Waals surface area contributed by atoms with E-state index in [1.54, 1.807) is 16.8 Å². The molecule has 0 aliphatic rings. The molecular formula is C11H8ClFN2OS. The number of hydrogen-bond acceptors (Lipinski definition) is 2. The average Bonchev–Trinajstić information content (AvgIpc) is 2.27. The Bertz CT molecular complexity index is 665. The zero-order valence-electron chi connectivity index (χ0n) is 8.61. The average molecular weight is 271 g/mol. The minimum absolute atomic E-state index is 0.0680. The molecule has 1 aromatic carbocycles. The van der Waals surface area contributed by atoms with Crippen LogP contribution in [0.4, 0.5) is 4.39 Å². The van der Waals surface area contributed by atoms with Crippen molar-refractivity contribution < 1.29 is 4.39 Å². The van der Waals surface area contributed by atoms with Crippen LogP contribution in [-0.4, -0.2) is 9.55 Å². The maximum atomic E-state index is 13.0. The molecule has 2 rings (SSSR count). The third kappa shape index (κ3) is 2.81. The van der Waals surface area contributed by atoms with Crippen LogP contribution in [0.25, 0.3) is 0 Å². The van der Waals surface area contributed by atoms with Crippen LogP contribution in [0.3, 0.4) is 0 Å². The molecule has 0 amide bonds. The highest BCUT2D eigenvalue weighted by atomic mass is 35.5. The monoisotopic (exact) mass is 270 g/mol. The van der Waals surface area contributed by atoms with E-state index in [1.807, 2.05) is 0 Å². The Morgan fingerprint density at radius 3 is 2.82 bits per heavy atom. The fourth-order valence-corrected chi connectivity index (χ4v) is 1.83. The lowest BCUT2D eigenvalue weighted by Crippen LogP contribution is -2.11. The van der Waals surface area contributed by atoms with Crippen LogP contribution in [0.2, 0.25) is 5.02 Å². The Kier molecular flexibility index (Phi) is 3.40. The van der Waals surface area contributed by atoms with Gasteiger partial charge >= 0.3 is 0 Å². The number of benzene rings is 1. The first-order chi connectivity index (χ1) is 8.06. The van der Waals surface area contributed by atoms with Crippen molar-refractivity contribution in [3.05, 3.63) is 62.0 Å². The summed E-state index contributed by atoms with van der Waals surface area (Å²) in [5, 5.41) is 0.0680. The Labute approximate surface area is 106 Å². The molecule has 6 heteroatoms. The number of nitrogens with one attached hydrogen (secondary N) is 1. The maximum absolute atomic E-state index is 13.0. The molecule has 0 spiro atoms. The summed E-state index contributed by atoms with van der Waals surface area (Å²) in [6.07, 6.45) is 1.58. The van der Waals surface area contributed by atoms with Crippen LogP contribution in [0.5, 0.6) is 0 Å². The normalized spacial score (nSPS) is 10.5. The van der Waals surface area contributed by atoms with Gasteiger partial charge in [0.05, 0.1) is 5.02 Å². The Morgan fingerprint density at radius 1 is 1.41 bits per heavy atom. The molecule has 0 unspecified atom stereocenters. The quantitative estimate of drug-likeness (QED) is 0.852. The van der Waals surface area contributed by atoms with Crippen molar-refractivity contribution in [3.8, 4) is 0 Å². The van der Waals surface area contributed by atoms with Crippen molar-refractivity contribution in [2.75, 3.05) is 0 Å². The number of aromatic nitrogens is 2. The van der Waals surface area contributed by atoms with Crippen LogP contribution < -0.4 is 5.56 Å². The van der Waals surface area contributed by atoms with Crippen LogP contribution >= 0.6 is 23.8 Å². The van der Waals surface area contributed by atoms with Gasteiger partial charge in [0.15, 0.2) is 4.77 Å². The minimum atomic E-state index is -0.458. The summed E-state index contributed by atoms with van der Waals surface area (Å²) in [7, 11) is 0. The molecule has 0 saturated heterocycles. The molecular weight excluding hydrogens is 263 g/mol. The third-order valence-corrected chi connectivity index (χ3v) is 2.86. The second-order valence-electron chi connectivity index (χ2n) is 3.49. The predicted octanol–water partition coefficient (Wildman–Crippen LogP) is 2.75. The number of nitrogens with zero attached hydrogens (tertiary/aromatic N) is 1. The Balaban J connectivity index is 2.35. The third-order valence-electron chi connectivity index (χ3n) is 2.23. The molecule has 0 aliphatic heterocycles. The molecule has 17 heavy (non-hydrogen) atoms. The first-order valence-corrected chi connectivity index (χ1v) is 5.58. The topological polar surface area (TPSA) is 37.8 Å². The summed E-state index contributed by atoms with van der Waals surface area (Å²) < 4.78 is 14.9. The van der Waals surface area contributed by atoms with Gasteiger partial charge in [0.1, 0.15) is 5.82 Å². The summed E-state index contributed by atoms with van der Waals surface area (Å²) in [5.74, 6) is -0.458. The lowest BCUT2D eigenvalue weighted by molar-refractivity contribution is 0.626. The van der Waals surface area contributed by atoms with Crippen LogP contribution in [0, 0.1) is 10.6 Å². The zero-order valence-corrected chi connectivity index (χ0v) is 10.2. The fraction of sp³-hybridized carbons (Fsp3) is 0.0909. The highest BCUT2D eigenvalue weighted by Gasteiger charge is 2.02. The summed E-state index contributed by atoms with van der Waals surface area (Å²) >= 11 is 10.7. The second kappa shape index (κ2) is 4.81. The van der Waals surface area contributed by atoms with Crippen molar-refractivity contribution in [2.45, 2.75) is 6.54 Å². The lowest BCUT2D eigenvalue weighted by Gasteiger charge is -2.06. The van der Waals surface area contributed by atoms with Gasteiger partial charge < -0.3 is 4.57 Å². The summed E-state index contributed by atoms with van der Waals surface area (Å²) in [6.45, 7) is 0.426. The number of rotatable bonds is 2. The summed E-state index contributed by atoms with van der Waals surface area (Å²) in [6, 6.07) is 5.83. The SMILES string of the molecule is O=c1ccn(Cc2ccc(F)c(Cl)c2)c(=S)[nH]1. The van der Waals surface area contributed by atoms with Gasteiger partial charge in [-0.2, -0.15) is 0 Å². The van der Waals surface area contributed by atoms with Gasteiger partial charge in [-0.1, -0.05) is 17.7 Å². The molecule has 0 fully saturated rings. The molecule has 0 atom stereocenters. The van der Waals surface area contributed by atoms with Gasteiger partial charge in [0, 0.05) is 18.8 Å². The second-order valence-corrected chi connectivity index (χ2v) is 4.28.